The molecule has 8 heteroatoms. The van der Waals surface area contributed by atoms with E-state index in [1.807, 2.05) is 61.7 Å². The minimum absolute atomic E-state index is 0.0821. The Morgan fingerprint density at radius 3 is 2.77 bits per heavy atom. The third-order valence-corrected chi connectivity index (χ3v) is 5.72. The molecule has 1 unspecified atom stereocenters. The highest BCUT2D eigenvalue weighted by atomic mass is 35.5. The highest BCUT2D eigenvalue weighted by Crippen LogP contribution is 2.34. The Labute approximate surface area is 183 Å². The predicted octanol–water partition coefficient (Wildman–Crippen LogP) is 4.13. The van der Waals surface area contributed by atoms with Crippen molar-refractivity contribution in [2.24, 2.45) is 0 Å². The molecule has 5 aromatic rings. The summed E-state index contributed by atoms with van der Waals surface area (Å²) in [7, 11) is 0. The molecule has 7 nitrogen and oxygen atoms in total. The van der Waals surface area contributed by atoms with E-state index in [2.05, 4.69) is 31.4 Å². The number of hydrogen-bond acceptors (Lipinski definition) is 4. The average molecular weight is 431 g/mol. The molecule has 2 aromatic carbocycles. The van der Waals surface area contributed by atoms with Crippen LogP contribution < -0.4 is 5.32 Å². The molecule has 0 spiro atoms. The molecule has 0 radical (unpaired) electrons. The van der Waals surface area contributed by atoms with Gasteiger partial charge in [-0.05, 0) is 36.2 Å². The van der Waals surface area contributed by atoms with Crippen LogP contribution in [0.4, 0.5) is 0 Å². The number of benzene rings is 2. The quantitative estimate of drug-likeness (QED) is 0.439. The van der Waals surface area contributed by atoms with E-state index in [1.165, 1.54) is 0 Å². The summed E-state index contributed by atoms with van der Waals surface area (Å²) in [5.74, 6) is -0.0319. The number of fused-ring (bicyclic) bond motifs is 2. The second-order valence-corrected chi connectivity index (χ2v) is 7.71. The van der Waals surface area contributed by atoms with Crippen LogP contribution in [-0.4, -0.2) is 37.0 Å². The van der Waals surface area contributed by atoms with Gasteiger partial charge in [-0.2, -0.15) is 4.98 Å². The standard InChI is InChI=1S/C23H19ClN6O/c1-14-10-11-25-23-28-21(29-30(14)23)22(31)27-13-17(15-6-2-4-8-19(15)24)18-12-26-20-9-5-3-7-16(18)20/h2-12,17,26H,13H2,1H3,(H,27,31). The Hall–Kier alpha value is -3.71. The molecule has 1 atom stereocenters. The third-order valence-electron chi connectivity index (χ3n) is 5.38. The van der Waals surface area contributed by atoms with Crippen LogP contribution in [0.2, 0.25) is 5.02 Å². The van der Waals surface area contributed by atoms with E-state index in [0.717, 1.165) is 27.7 Å². The molecule has 0 saturated heterocycles. The molecule has 3 aromatic heterocycles. The van der Waals surface area contributed by atoms with Crippen LogP contribution >= 0.6 is 11.6 Å². The molecule has 0 saturated carbocycles. The van der Waals surface area contributed by atoms with Crippen molar-refractivity contribution in [3.8, 4) is 0 Å². The van der Waals surface area contributed by atoms with Crippen molar-refractivity contribution in [1.82, 2.24) is 29.9 Å². The average Bonchev–Trinajstić information content (AvgIpc) is 3.41. The zero-order valence-electron chi connectivity index (χ0n) is 16.7. The van der Waals surface area contributed by atoms with Gasteiger partial charge in [-0.25, -0.2) is 9.50 Å². The minimum Gasteiger partial charge on any atom is -0.361 e. The second kappa shape index (κ2) is 7.85. The number of carbonyl (C=O) groups excluding carboxylic acids is 1. The summed E-state index contributed by atoms with van der Waals surface area (Å²) < 4.78 is 1.56. The lowest BCUT2D eigenvalue weighted by atomic mass is 9.90. The first-order valence-electron chi connectivity index (χ1n) is 9.89. The van der Waals surface area contributed by atoms with Crippen molar-refractivity contribution in [2.75, 3.05) is 6.54 Å². The van der Waals surface area contributed by atoms with Gasteiger partial charge in [0, 0.05) is 46.5 Å². The Bertz CT molecular complexity index is 1410. The maximum absolute atomic E-state index is 12.9. The first kappa shape index (κ1) is 19.3. The number of aromatic amines is 1. The van der Waals surface area contributed by atoms with Gasteiger partial charge in [-0.3, -0.25) is 4.79 Å². The molecule has 0 aliphatic rings. The number of amides is 1. The zero-order chi connectivity index (χ0) is 21.4. The molecular formula is C23H19ClN6O. The predicted molar refractivity (Wildman–Crippen MR) is 119 cm³/mol. The fraction of sp³-hybridized carbons (Fsp3) is 0.130. The summed E-state index contributed by atoms with van der Waals surface area (Å²) in [6.45, 7) is 2.22. The van der Waals surface area contributed by atoms with Crippen molar-refractivity contribution >= 4 is 34.2 Å². The van der Waals surface area contributed by atoms with E-state index in [0.29, 0.717) is 17.3 Å². The van der Waals surface area contributed by atoms with Crippen LogP contribution in [0, 0.1) is 6.92 Å². The topological polar surface area (TPSA) is 88.0 Å². The number of hydrogen-bond donors (Lipinski definition) is 2. The van der Waals surface area contributed by atoms with E-state index in [1.54, 1.807) is 10.7 Å². The minimum atomic E-state index is -0.359. The molecular weight excluding hydrogens is 412 g/mol. The molecule has 1 amide bonds. The van der Waals surface area contributed by atoms with E-state index in [-0.39, 0.29) is 17.6 Å². The zero-order valence-corrected chi connectivity index (χ0v) is 17.5. The molecule has 0 bridgehead atoms. The van der Waals surface area contributed by atoms with Crippen LogP contribution in [0.15, 0.2) is 67.0 Å². The maximum atomic E-state index is 12.9. The normalized spacial score (nSPS) is 12.3. The monoisotopic (exact) mass is 430 g/mol. The van der Waals surface area contributed by atoms with Crippen molar-refractivity contribution in [2.45, 2.75) is 12.8 Å². The van der Waals surface area contributed by atoms with Gasteiger partial charge in [-0.1, -0.05) is 48.0 Å². The van der Waals surface area contributed by atoms with Gasteiger partial charge in [0.2, 0.25) is 5.82 Å². The fourth-order valence-corrected chi connectivity index (χ4v) is 4.07. The van der Waals surface area contributed by atoms with E-state index < -0.39 is 0 Å². The van der Waals surface area contributed by atoms with Gasteiger partial charge in [0.05, 0.1) is 0 Å². The number of para-hydroxylation sites is 1. The Balaban J connectivity index is 1.48. The van der Waals surface area contributed by atoms with Crippen LogP contribution in [0.5, 0.6) is 0 Å². The summed E-state index contributed by atoms with van der Waals surface area (Å²) in [6, 6.07) is 17.6. The van der Waals surface area contributed by atoms with Gasteiger partial charge in [-0.15, -0.1) is 5.10 Å². The van der Waals surface area contributed by atoms with E-state index in [9.17, 15) is 4.79 Å². The number of H-pyrrole nitrogens is 1. The summed E-state index contributed by atoms with van der Waals surface area (Å²) in [5, 5.41) is 9.01. The third kappa shape index (κ3) is 3.53. The van der Waals surface area contributed by atoms with Gasteiger partial charge in [0.15, 0.2) is 0 Å². The molecule has 31 heavy (non-hydrogen) atoms. The lowest BCUT2D eigenvalue weighted by molar-refractivity contribution is 0.0942. The van der Waals surface area contributed by atoms with Gasteiger partial charge >= 0.3 is 0 Å². The number of aromatic nitrogens is 5. The van der Waals surface area contributed by atoms with Crippen molar-refractivity contribution in [3.63, 3.8) is 0 Å². The summed E-state index contributed by atoms with van der Waals surface area (Å²) in [5.41, 5.74) is 3.88. The van der Waals surface area contributed by atoms with E-state index >= 15 is 0 Å². The summed E-state index contributed by atoms with van der Waals surface area (Å²) in [6.07, 6.45) is 3.62. The Morgan fingerprint density at radius 1 is 1.13 bits per heavy atom. The van der Waals surface area contributed by atoms with Crippen LogP contribution in [0.1, 0.15) is 33.4 Å². The van der Waals surface area contributed by atoms with Gasteiger partial charge in [0.1, 0.15) is 0 Å². The number of nitrogens with zero attached hydrogens (tertiary/aromatic N) is 4. The number of aryl methyl sites for hydroxylation is 1. The first-order valence-corrected chi connectivity index (χ1v) is 10.3. The van der Waals surface area contributed by atoms with Crippen molar-refractivity contribution in [1.29, 1.82) is 0 Å². The summed E-state index contributed by atoms with van der Waals surface area (Å²) >= 11 is 6.53. The number of nitrogens with one attached hydrogen (secondary N) is 2. The van der Waals surface area contributed by atoms with Crippen LogP contribution in [0.3, 0.4) is 0 Å². The molecule has 5 rings (SSSR count). The second-order valence-electron chi connectivity index (χ2n) is 7.31. The van der Waals surface area contributed by atoms with Crippen molar-refractivity contribution in [3.05, 3.63) is 94.7 Å². The van der Waals surface area contributed by atoms with Crippen LogP contribution in [0.25, 0.3) is 16.7 Å². The maximum Gasteiger partial charge on any atom is 0.291 e. The molecule has 3 heterocycles. The summed E-state index contributed by atoms with van der Waals surface area (Å²) in [4.78, 5) is 24.6. The number of carbonyl (C=O) groups is 1. The van der Waals surface area contributed by atoms with E-state index in [4.69, 9.17) is 11.6 Å². The molecule has 0 aliphatic heterocycles. The van der Waals surface area contributed by atoms with Crippen LogP contribution in [-0.2, 0) is 0 Å². The highest BCUT2D eigenvalue weighted by Gasteiger charge is 2.22. The molecule has 0 fully saturated rings. The van der Waals surface area contributed by atoms with Gasteiger partial charge < -0.3 is 10.3 Å². The molecule has 0 aliphatic carbocycles. The lowest BCUT2D eigenvalue weighted by Crippen LogP contribution is -2.30. The number of halogens is 1. The largest absolute Gasteiger partial charge is 0.361 e. The SMILES string of the molecule is Cc1ccnc2nc(C(=O)NCC(c3ccccc3Cl)c3c[nH]c4ccccc34)nn12. The number of rotatable bonds is 5. The Morgan fingerprint density at radius 2 is 1.94 bits per heavy atom. The smallest absolute Gasteiger partial charge is 0.291 e. The van der Waals surface area contributed by atoms with Crippen molar-refractivity contribution < 1.29 is 4.79 Å². The first-order chi connectivity index (χ1) is 15.1. The fourth-order valence-electron chi connectivity index (χ4n) is 3.80. The molecule has 154 valence electrons. The van der Waals surface area contributed by atoms with Gasteiger partial charge in [0.25, 0.3) is 11.7 Å². The highest BCUT2D eigenvalue weighted by molar-refractivity contribution is 6.31. The molecule has 2 N–H and O–H groups in total. The Kier molecular flexibility index (Phi) is 4.88. The lowest BCUT2D eigenvalue weighted by Gasteiger charge is -2.19.